The molecular weight excluding hydrogens is 454 g/mol. The van der Waals surface area contributed by atoms with Gasteiger partial charge in [0.2, 0.25) is 6.79 Å². The van der Waals surface area contributed by atoms with Gasteiger partial charge in [0.05, 0.1) is 11.2 Å². The van der Waals surface area contributed by atoms with E-state index in [0.29, 0.717) is 30.1 Å². The van der Waals surface area contributed by atoms with E-state index in [-0.39, 0.29) is 5.56 Å². The number of ether oxygens (including phenoxy) is 2. The van der Waals surface area contributed by atoms with Crippen molar-refractivity contribution in [2.24, 2.45) is 13.0 Å². The predicted octanol–water partition coefficient (Wildman–Crippen LogP) is 4.20. The summed E-state index contributed by atoms with van der Waals surface area (Å²) in [7, 11) is 3.80. The summed E-state index contributed by atoms with van der Waals surface area (Å²) < 4.78 is 12.8. The molecule has 3 heterocycles. The van der Waals surface area contributed by atoms with Gasteiger partial charge in [0.15, 0.2) is 11.5 Å². The highest BCUT2D eigenvalue weighted by atomic mass is 16.7. The molecule has 186 valence electrons. The molecule has 0 amide bonds. The lowest BCUT2D eigenvalue weighted by Gasteiger charge is -2.41. The van der Waals surface area contributed by atoms with Gasteiger partial charge in [0, 0.05) is 50.5 Å². The van der Waals surface area contributed by atoms with Gasteiger partial charge in [-0.1, -0.05) is 0 Å². The molecule has 1 aromatic carbocycles. The van der Waals surface area contributed by atoms with Gasteiger partial charge in [0.1, 0.15) is 17.3 Å². The molecule has 0 N–H and O–H groups in total. The molecule has 2 aromatic heterocycles. The standard InChI is InChI=1S/C28H31N5O3/c1-31(24-14-27(34)32(2)23-11-5-19(15-29)30-28(23)24)20-6-8-21(9-7-20)33(16-18-3-4-18)22-10-12-25-26(13-22)36-17-35-25/h5,10-14,18,20-21H,3-4,6-9,16-17H2,1-2H3. The average molecular weight is 486 g/mol. The van der Waals surface area contributed by atoms with Gasteiger partial charge in [-0.15, -0.1) is 0 Å². The number of rotatable bonds is 6. The third-order valence-electron chi connectivity index (χ3n) is 8.06. The van der Waals surface area contributed by atoms with Crippen LogP contribution in [0.25, 0.3) is 11.0 Å². The van der Waals surface area contributed by atoms with Crippen molar-refractivity contribution in [1.82, 2.24) is 9.55 Å². The molecule has 6 rings (SSSR count). The third kappa shape index (κ3) is 4.13. The zero-order chi connectivity index (χ0) is 24.8. The van der Waals surface area contributed by atoms with Gasteiger partial charge in [-0.25, -0.2) is 4.98 Å². The molecule has 0 atom stereocenters. The maximum atomic E-state index is 12.7. The van der Waals surface area contributed by atoms with Crippen LogP contribution >= 0.6 is 0 Å². The smallest absolute Gasteiger partial charge is 0.252 e. The van der Waals surface area contributed by atoms with Crippen molar-refractivity contribution < 1.29 is 9.47 Å². The number of benzene rings is 1. The van der Waals surface area contributed by atoms with Gasteiger partial charge in [-0.05, 0) is 68.7 Å². The van der Waals surface area contributed by atoms with Crippen molar-refractivity contribution in [1.29, 1.82) is 5.26 Å². The van der Waals surface area contributed by atoms with E-state index in [1.54, 1.807) is 23.7 Å². The van der Waals surface area contributed by atoms with Crippen molar-refractivity contribution in [2.45, 2.75) is 50.6 Å². The van der Waals surface area contributed by atoms with E-state index in [9.17, 15) is 10.1 Å². The zero-order valence-electron chi connectivity index (χ0n) is 20.8. The SMILES string of the molecule is CN(c1cc(=O)n(C)c2ccc(C#N)nc12)C1CCC(N(CC2CC2)c2ccc3c(c2)OCO3)CC1. The number of pyridine rings is 2. The average Bonchev–Trinajstić information content (AvgIpc) is 3.62. The summed E-state index contributed by atoms with van der Waals surface area (Å²) >= 11 is 0. The van der Waals surface area contributed by atoms with Crippen molar-refractivity contribution in [3.8, 4) is 17.6 Å². The first kappa shape index (κ1) is 22.7. The fourth-order valence-electron chi connectivity index (χ4n) is 5.70. The Hall–Kier alpha value is -3.73. The summed E-state index contributed by atoms with van der Waals surface area (Å²) in [5, 5.41) is 9.38. The Morgan fingerprint density at radius 1 is 1.03 bits per heavy atom. The second-order valence-corrected chi connectivity index (χ2v) is 10.3. The van der Waals surface area contributed by atoms with Crippen LogP contribution in [0.1, 0.15) is 44.2 Å². The molecule has 0 bridgehead atoms. The molecule has 1 aliphatic heterocycles. The van der Waals surface area contributed by atoms with Crippen molar-refractivity contribution in [3.05, 3.63) is 52.4 Å². The Morgan fingerprint density at radius 3 is 2.53 bits per heavy atom. The monoisotopic (exact) mass is 485 g/mol. The summed E-state index contributed by atoms with van der Waals surface area (Å²) in [6.45, 7) is 1.38. The van der Waals surface area contributed by atoms with Crippen LogP contribution < -0.4 is 24.8 Å². The predicted molar refractivity (Wildman–Crippen MR) is 139 cm³/mol. The van der Waals surface area contributed by atoms with Crippen LogP contribution in [0.15, 0.2) is 41.2 Å². The van der Waals surface area contributed by atoms with E-state index in [1.807, 2.05) is 12.1 Å². The van der Waals surface area contributed by atoms with Crippen molar-refractivity contribution in [2.75, 3.05) is 30.2 Å². The van der Waals surface area contributed by atoms with Crippen LogP contribution in [0.2, 0.25) is 0 Å². The fraction of sp³-hybridized carbons (Fsp3) is 0.464. The molecular formula is C28H31N5O3. The molecule has 8 heteroatoms. The molecule has 3 aliphatic rings. The Morgan fingerprint density at radius 2 is 1.78 bits per heavy atom. The van der Waals surface area contributed by atoms with E-state index in [2.05, 4.69) is 40.0 Å². The van der Waals surface area contributed by atoms with Gasteiger partial charge >= 0.3 is 0 Å². The van der Waals surface area contributed by atoms with E-state index in [0.717, 1.165) is 60.8 Å². The van der Waals surface area contributed by atoms with Crippen molar-refractivity contribution in [3.63, 3.8) is 0 Å². The summed E-state index contributed by atoms with van der Waals surface area (Å²) in [4.78, 5) is 22.1. The van der Waals surface area contributed by atoms with E-state index in [4.69, 9.17) is 9.47 Å². The van der Waals surface area contributed by atoms with Gasteiger partial charge in [-0.3, -0.25) is 4.79 Å². The molecule has 2 saturated carbocycles. The highest BCUT2D eigenvalue weighted by Gasteiger charge is 2.33. The molecule has 0 radical (unpaired) electrons. The molecule has 2 aliphatic carbocycles. The third-order valence-corrected chi connectivity index (χ3v) is 8.06. The summed E-state index contributed by atoms with van der Waals surface area (Å²) in [5.74, 6) is 2.44. The normalized spacial score (nSPS) is 20.8. The summed E-state index contributed by atoms with van der Waals surface area (Å²) in [6.07, 6.45) is 6.84. The number of nitriles is 1. The first-order valence-electron chi connectivity index (χ1n) is 12.8. The molecule has 36 heavy (non-hydrogen) atoms. The Kier molecular flexibility index (Phi) is 5.71. The topological polar surface area (TPSA) is 83.6 Å². The number of hydrogen-bond acceptors (Lipinski definition) is 7. The van der Waals surface area contributed by atoms with Crippen molar-refractivity contribution >= 4 is 22.4 Å². The van der Waals surface area contributed by atoms with E-state index >= 15 is 0 Å². The number of hydrogen-bond donors (Lipinski definition) is 0. The van der Waals surface area contributed by atoms with Gasteiger partial charge in [-0.2, -0.15) is 5.26 Å². The maximum absolute atomic E-state index is 12.7. The fourth-order valence-corrected chi connectivity index (χ4v) is 5.70. The number of fused-ring (bicyclic) bond motifs is 2. The molecule has 0 saturated heterocycles. The van der Waals surface area contributed by atoms with Gasteiger partial charge < -0.3 is 23.8 Å². The number of nitrogens with zero attached hydrogens (tertiary/aromatic N) is 5. The first-order chi connectivity index (χ1) is 17.5. The van der Waals surface area contributed by atoms with Gasteiger partial charge in [0.25, 0.3) is 5.56 Å². The minimum atomic E-state index is -0.0667. The first-order valence-corrected chi connectivity index (χ1v) is 12.8. The lowest BCUT2D eigenvalue weighted by molar-refractivity contribution is 0.174. The highest BCUT2D eigenvalue weighted by molar-refractivity contribution is 5.88. The summed E-state index contributed by atoms with van der Waals surface area (Å²) in [5.41, 5.74) is 3.77. The minimum Gasteiger partial charge on any atom is -0.454 e. The Bertz CT molecular complexity index is 1400. The zero-order valence-corrected chi connectivity index (χ0v) is 20.8. The summed E-state index contributed by atoms with van der Waals surface area (Å²) in [6, 6.07) is 14.4. The molecule has 3 aromatic rings. The van der Waals surface area contributed by atoms with E-state index in [1.165, 1.54) is 18.5 Å². The molecule has 0 spiro atoms. The Balaban J connectivity index is 1.23. The van der Waals surface area contributed by atoms with Crippen LogP contribution in [0.3, 0.4) is 0 Å². The Labute approximate surface area is 210 Å². The lowest BCUT2D eigenvalue weighted by Crippen LogP contribution is -2.44. The lowest BCUT2D eigenvalue weighted by atomic mass is 9.88. The highest BCUT2D eigenvalue weighted by Crippen LogP contribution is 2.40. The molecule has 2 fully saturated rings. The van der Waals surface area contributed by atoms with Crippen LogP contribution in [-0.2, 0) is 7.05 Å². The number of aromatic nitrogens is 2. The number of anilines is 2. The minimum absolute atomic E-state index is 0.0667. The maximum Gasteiger partial charge on any atom is 0.252 e. The van der Waals surface area contributed by atoms with E-state index < -0.39 is 0 Å². The van der Waals surface area contributed by atoms with Crippen LogP contribution in [0.4, 0.5) is 11.4 Å². The van der Waals surface area contributed by atoms with Crippen LogP contribution in [0.5, 0.6) is 11.5 Å². The van der Waals surface area contributed by atoms with Crippen LogP contribution in [0, 0.1) is 17.2 Å². The second kappa shape index (κ2) is 9.05. The molecule has 8 nitrogen and oxygen atoms in total. The largest absolute Gasteiger partial charge is 0.454 e. The quantitative estimate of drug-likeness (QED) is 0.517. The second-order valence-electron chi connectivity index (χ2n) is 10.3. The van der Waals surface area contributed by atoms with Crippen LogP contribution in [-0.4, -0.2) is 42.0 Å². The molecule has 0 unspecified atom stereocenters. The number of aryl methyl sites for hydroxylation is 1.